The molecule has 0 spiro atoms. The van der Waals surface area contributed by atoms with E-state index in [9.17, 15) is 14.7 Å². The van der Waals surface area contributed by atoms with Crippen molar-refractivity contribution in [2.75, 3.05) is 0 Å². The second kappa shape index (κ2) is 7.04. The average molecular weight is 366 g/mol. The molecule has 6 heteroatoms. The SMILES string of the molecule is Cc1cc(CCc2c[nH]c3ccccc23)oc(=O)c1C(=O)N[C@H]1CC[C@@H]1O. The lowest BCUT2D eigenvalue weighted by atomic mass is 9.89. The Balaban J connectivity index is 1.49. The maximum Gasteiger partial charge on any atom is 0.349 e. The summed E-state index contributed by atoms with van der Waals surface area (Å²) in [5.41, 5.74) is 2.22. The van der Waals surface area contributed by atoms with Crippen molar-refractivity contribution in [2.24, 2.45) is 0 Å². The van der Waals surface area contributed by atoms with E-state index in [2.05, 4.69) is 16.4 Å². The molecule has 0 unspecified atom stereocenters. The molecule has 6 nitrogen and oxygen atoms in total. The Hall–Kier alpha value is -2.86. The first-order valence-corrected chi connectivity index (χ1v) is 9.20. The van der Waals surface area contributed by atoms with E-state index in [1.165, 1.54) is 0 Å². The molecule has 4 rings (SSSR count). The van der Waals surface area contributed by atoms with E-state index in [1.54, 1.807) is 13.0 Å². The zero-order valence-electron chi connectivity index (χ0n) is 15.1. The van der Waals surface area contributed by atoms with Crippen LogP contribution in [0.3, 0.4) is 0 Å². The molecule has 1 fully saturated rings. The Kier molecular flexibility index (Phi) is 4.58. The number of nitrogens with one attached hydrogen (secondary N) is 2. The first-order valence-electron chi connectivity index (χ1n) is 9.20. The number of hydrogen-bond donors (Lipinski definition) is 3. The van der Waals surface area contributed by atoms with Crippen LogP contribution in [0.25, 0.3) is 10.9 Å². The first-order chi connectivity index (χ1) is 13.0. The molecule has 140 valence electrons. The Morgan fingerprint density at radius 3 is 2.81 bits per heavy atom. The van der Waals surface area contributed by atoms with Crippen molar-refractivity contribution >= 4 is 16.8 Å². The molecule has 1 saturated carbocycles. The fraction of sp³-hybridized carbons (Fsp3) is 0.333. The van der Waals surface area contributed by atoms with Crippen molar-refractivity contribution in [1.29, 1.82) is 0 Å². The summed E-state index contributed by atoms with van der Waals surface area (Å²) in [4.78, 5) is 27.9. The number of benzene rings is 1. The standard InChI is InChI=1S/C21H22N2O4/c1-12-10-14(7-6-13-11-22-16-5-3-2-4-15(13)16)27-21(26)19(12)20(25)23-17-8-9-18(17)24/h2-5,10-11,17-18,22,24H,6-9H2,1H3,(H,23,25)/t17-,18-/m0/s1. The molecule has 2 heterocycles. The van der Waals surface area contributed by atoms with Gasteiger partial charge in [0.2, 0.25) is 0 Å². The molecule has 1 aliphatic rings. The van der Waals surface area contributed by atoms with Crippen LogP contribution in [-0.4, -0.2) is 28.1 Å². The molecule has 2 aromatic heterocycles. The number of H-pyrrole nitrogens is 1. The molecular weight excluding hydrogens is 344 g/mol. The van der Waals surface area contributed by atoms with Gasteiger partial charge in [0.05, 0.1) is 12.1 Å². The lowest BCUT2D eigenvalue weighted by Crippen LogP contribution is -2.51. The van der Waals surface area contributed by atoms with Gasteiger partial charge < -0.3 is 19.8 Å². The van der Waals surface area contributed by atoms with E-state index in [4.69, 9.17) is 4.42 Å². The molecule has 0 radical (unpaired) electrons. The highest BCUT2D eigenvalue weighted by Gasteiger charge is 2.31. The van der Waals surface area contributed by atoms with Crippen LogP contribution in [0.2, 0.25) is 0 Å². The van der Waals surface area contributed by atoms with Crippen LogP contribution in [-0.2, 0) is 12.8 Å². The van der Waals surface area contributed by atoms with Crippen molar-refractivity contribution < 1.29 is 14.3 Å². The number of amides is 1. The Bertz CT molecular complexity index is 1050. The predicted octanol–water partition coefficient (Wildman–Crippen LogP) is 2.47. The van der Waals surface area contributed by atoms with Crippen LogP contribution in [0.15, 0.2) is 45.7 Å². The van der Waals surface area contributed by atoms with E-state index in [0.717, 1.165) is 29.3 Å². The number of para-hydroxylation sites is 1. The number of aromatic amines is 1. The van der Waals surface area contributed by atoms with Gasteiger partial charge in [-0.2, -0.15) is 0 Å². The van der Waals surface area contributed by atoms with Crippen LogP contribution in [0.4, 0.5) is 0 Å². The Morgan fingerprint density at radius 1 is 1.30 bits per heavy atom. The number of hydrogen-bond acceptors (Lipinski definition) is 4. The van der Waals surface area contributed by atoms with E-state index in [1.807, 2.05) is 24.4 Å². The summed E-state index contributed by atoms with van der Waals surface area (Å²) >= 11 is 0. The number of fused-ring (bicyclic) bond motifs is 1. The minimum atomic E-state index is -0.629. The van der Waals surface area contributed by atoms with Crippen molar-refractivity contribution in [3.05, 3.63) is 69.4 Å². The highest BCUT2D eigenvalue weighted by Crippen LogP contribution is 2.21. The number of aliphatic hydroxyl groups excluding tert-OH is 1. The lowest BCUT2D eigenvalue weighted by Gasteiger charge is -2.32. The van der Waals surface area contributed by atoms with E-state index >= 15 is 0 Å². The van der Waals surface area contributed by atoms with Crippen LogP contribution in [0, 0.1) is 6.92 Å². The van der Waals surface area contributed by atoms with E-state index in [-0.39, 0.29) is 11.6 Å². The minimum absolute atomic E-state index is 0.0185. The van der Waals surface area contributed by atoms with Crippen molar-refractivity contribution in [1.82, 2.24) is 10.3 Å². The fourth-order valence-electron chi connectivity index (χ4n) is 3.56. The molecule has 2 atom stereocenters. The van der Waals surface area contributed by atoms with Crippen molar-refractivity contribution in [2.45, 2.75) is 44.8 Å². The number of rotatable bonds is 5. The number of aliphatic hydroxyl groups is 1. The van der Waals surface area contributed by atoms with Gasteiger partial charge >= 0.3 is 5.63 Å². The number of aromatic nitrogens is 1. The Labute approximate surface area is 156 Å². The molecule has 27 heavy (non-hydrogen) atoms. The van der Waals surface area contributed by atoms with Gasteiger partial charge in [0.1, 0.15) is 11.3 Å². The molecule has 1 aromatic carbocycles. The topological polar surface area (TPSA) is 95.3 Å². The smallest absolute Gasteiger partial charge is 0.349 e. The second-order valence-electron chi connectivity index (χ2n) is 7.14. The summed E-state index contributed by atoms with van der Waals surface area (Å²) in [6, 6.07) is 9.54. The zero-order chi connectivity index (χ0) is 19.0. The van der Waals surface area contributed by atoms with Crippen LogP contribution in [0.5, 0.6) is 0 Å². The summed E-state index contributed by atoms with van der Waals surface area (Å²) in [6.45, 7) is 1.73. The third-order valence-corrected chi connectivity index (χ3v) is 5.30. The Morgan fingerprint density at radius 2 is 2.11 bits per heavy atom. The number of aryl methyl sites for hydroxylation is 3. The summed E-state index contributed by atoms with van der Waals surface area (Å²) in [5.74, 6) is 0.0798. The van der Waals surface area contributed by atoms with Gasteiger partial charge in [0.15, 0.2) is 0 Å². The summed E-state index contributed by atoms with van der Waals surface area (Å²) in [6.07, 6.45) is 4.14. The summed E-state index contributed by atoms with van der Waals surface area (Å²) < 4.78 is 5.39. The molecular formula is C21H22N2O4. The number of carbonyl (C=O) groups is 1. The van der Waals surface area contributed by atoms with Crippen LogP contribution < -0.4 is 10.9 Å². The van der Waals surface area contributed by atoms with Gasteiger partial charge in [-0.3, -0.25) is 4.79 Å². The largest absolute Gasteiger partial charge is 0.427 e. The average Bonchev–Trinajstić information content (AvgIpc) is 3.06. The molecule has 3 N–H and O–H groups in total. The van der Waals surface area contributed by atoms with E-state index in [0.29, 0.717) is 24.2 Å². The summed E-state index contributed by atoms with van der Waals surface area (Å²) in [5, 5.41) is 13.5. The highest BCUT2D eigenvalue weighted by molar-refractivity contribution is 5.95. The summed E-state index contributed by atoms with van der Waals surface area (Å²) in [7, 11) is 0. The van der Waals surface area contributed by atoms with Crippen molar-refractivity contribution in [3.8, 4) is 0 Å². The lowest BCUT2D eigenvalue weighted by molar-refractivity contribution is 0.0445. The van der Waals surface area contributed by atoms with Gasteiger partial charge in [-0.05, 0) is 49.4 Å². The van der Waals surface area contributed by atoms with Crippen LogP contribution >= 0.6 is 0 Å². The second-order valence-corrected chi connectivity index (χ2v) is 7.14. The maximum atomic E-state index is 12.4. The van der Waals surface area contributed by atoms with Crippen LogP contribution in [0.1, 0.15) is 40.1 Å². The molecule has 0 aliphatic heterocycles. The maximum absolute atomic E-state index is 12.4. The highest BCUT2D eigenvalue weighted by atomic mass is 16.4. The molecule has 1 aliphatic carbocycles. The predicted molar refractivity (Wildman–Crippen MR) is 102 cm³/mol. The molecule has 3 aromatic rings. The fourth-order valence-corrected chi connectivity index (χ4v) is 3.56. The molecule has 1 amide bonds. The van der Waals surface area contributed by atoms with Crippen molar-refractivity contribution in [3.63, 3.8) is 0 Å². The first kappa shape index (κ1) is 17.5. The number of carbonyl (C=O) groups excluding carboxylic acids is 1. The van der Waals surface area contributed by atoms with Gasteiger partial charge in [0, 0.05) is 23.5 Å². The normalized spacial score (nSPS) is 19.0. The van der Waals surface area contributed by atoms with Gasteiger partial charge in [-0.15, -0.1) is 0 Å². The quantitative estimate of drug-likeness (QED) is 0.646. The molecule has 0 bridgehead atoms. The van der Waals surface area contributed by atoms with E-state index < -0.39 is 17.6 Å². The van der Waals surface area contributed by atoms with Gasteiger partial charge in [-0.1, -0.05) is 18.2 Å². The zero-order valence-corrected chi connectivity index (χ0v) is 15.1. The minimum Gasteiger partial charge on any atom is -0.427 e. The third kappa shape index (κ3) is 3.40. The van der Waals surface area contributed by atoms with Gasteiger partial charge in [-0.25, -0.2) is 4.79 Å². The van der Waals surface area contributed by atoms with Gasteiger partial charge in [0.25, 0.3) is 5.91 Å². The molecule has 0 saturated heterocycles. The monoisotopic (exact) mass is 366 g/mol. The third-order valence-electron chi connectivity index (χ3n) is 5.30.